The number of halogens is 3. The van der Waals surface area contributed by atoms with E-state index in [0.29, 0.717) is 49.2 Å². The quantitative estimate of drug-likeness (QED) is 0.115. The number of nitrogens with two attached hydrogens (primary N) is 1. The first-order valence-corrected chi connectivity index (χ1v) is 16.7. The van der Waals surface area contributed by atoms with Gasteiger partial charge in [-0.15, -0.1) is 0 Å². The van der Waals surface area contributed by atoms with E-state index in [1.807, 2.05) is 54.6 Å². The van der Waals surface area contributed by atoms with Crippen LogP contribution >= 0.6 is 0 Å². The van der Waals surface area contributed by atoms with Crippen LogP contribution < -0.4 is 11.1 Å². The predicted octanol–water partition coefficient (Wildman–Crippen LogP) is 7.07. The van der Waals surface area contributed by atoms with E-state index < -0.39 is 12.1 Å². The minimum Gasteiger partial charge on any atom is -0.508 e. The summed E-state index contributed by atoms with van der Waals surface area (Å²) in [5, 5.41) is 19.9. The van der Waals surface area contributed by atoms with Gasteiger partial charge in [0.05, 0.1) is 6.26 Å². The summed E-state index contributed by atoms with van der Waals surface area (Å²) in [5.41, 5.74) is 10.5. The summed E-state index contributed by atoms with van der Waals surface area (Å²) in [6.45, 7) is 2.31. The Bertz CT molecular complexity index is 1760. The lowest BCUT2D eigenvalue weighted by molar-refractivity contribution is -0.192. The number of furan rings is 1. The van der Waals surface area contributed by atoms with Crippen LogP contribution in [0.5, 0.6) is 5.75 Å². The Morgan fingerprint density at radius 1 is 0.922 bits per heavy atom. The summed E-state index contributed by atoms with van der Waals surface area (Å²) < 4.78 is 37.1. The van der Waals surface area contributed by atoms with Gasteiger partial charge in [-0.1, -0.05) is 48.9 Å². The van der Waals surface area contributed by atoms with Gasteiger partial charge in [0.1, 0.15) is 11.5 Å². The lowest BCUT2D eigenvalue weighted by atomic mass is 9.81. The first-order chi connectivity index (χ1) is 24.4. The first-order valence-electron chi connectivity index (χ1n) is 16.7. The third kappa shape index (κ3) is 12.5. The monoisotopic (exact) mass is 705 g/mol. The number of carbonyl (C=O) groups is 3. The Hall–Kier alpha value is -5.36. The lowest BCUT2D eigenvalue weighted by Crippen LogP contribution is -2.33. The molecule has 5 rings (SSSR count). The van der Waals surface area contributed by atoms with Gasteiger partial charge in [-0.2, -0.15) is 13.2 Å². The maximum atomic E-state index is 13.3. The third-order valence-electron chi connectivity index (χ3n) is 8.63. The Morgan fingerprint density at radius 3 is 2.27 bits per heavy atom. The number of carboxylic acids is 1. The average molecular weight is 706 g/mol. The number of carboxylic acid groups (broad SMARTS) is 1. The highest BCUT2D eigenvalue weighted by molar-refractivity contribution is 5.95. The Kier molecular flexibility index (Phi) is 14.0. The van der Waals surface area contributed by atoms with Crippen LogP contribution in [0.25, 0.3) is 17.2 Å². The zero-order chi connectivity index (χ0) is 36.8. The van der Waals surface area contributed by atoms with Crippen LogP contribution in [0.1, 0.15) is 52.9 Å². The molecule has 1 aliphatic carbocycles. The Morgan fingerprint density at radius 2 is 1.61 bits per heavy atom. The van der Waals surface area contributed by atoms with E-state index in [0.717, 1.165) is 41.6 Å². The van der Waals surface area contributed by atoms with E-state index in [1.54, 1.807) is 41.5 Å². The number of amides is 2. The standard InChI is InChI=1S/C37H41N3O4.C2HF3O2/c38-24-28-5-1-6-29(21-28)25-39-37(43)33-10-3-9-32(23-33)31-8-2-7-30(22-31)26-40(19-18-27-12-14-34(41)15-13-27)36(42)17-16-35-11-4-20-44-35;3-2(4,5)1(6)7/h2-4,7-17,20,22-23,28-29,41H,1,5-6,18-19,21,24-26,38H2,(H,39,43);(H,6,7)/b17-16+;. The highest BCUT2D eigenvalue weighted by atomic mass is 19.4. The van der Waals surface area contributed by atoms with Crippen molar-refractivity contribution in [3.05, 3.63) is 120 Å². The molecular weight excluding hydrogens is 663 g/mol. The number of nitrogens with one attached hydrogen (secondary N) is 1. The third-order valence-corrected chi connectivity index (χ3v) is 8.63. The molecule has 2 amide bonds. The molecule has 1 aromatic heterocycles. The summed E-state index contributed by atoms with van der Waals surface area (Å²) in [6, 6.07) is 26.4. The highest BCUT2D eigenvalue weighted by Crippen LogP contribution is 2.28. The number of hydrogen-bond donors (Lipinski definition) is 4. The molecule has 0 bridgehead atoms. The molecule has 0 spiro atoms. The number of alkyl halides is 3. The van der Waals surface area contributed by atoms with E-state index in [1.165, 1.54) is 18.9 Å². The molecule has 9 nitrogen and oxygen atoms in total. The normalized spacial score (nSPS) is 15.8. The Labute approximate surface area is 294 Å². The van der Waals surface area contributed by atoms with Crippen molar-refractivity contribution in [1.29, 1.82) is 0 Å². The molecule has 1 saturated carbocycles. The van der Waals surface area contributed by atoms with Crippen molar-refractivity contribution in [2.45, 2.75) is 44.8 Å². The smallest absolute Gasteiger partial charge is 0.490 e. The highest BCUT2D eigenvalue weighted by Gasteiger charge is 2.38. The maximum Gasteiger partial charge on any atom is 0.490 e. The number of phenols is 1. The van der Waals surface area contributed by atoms with Crippen molar-refractivity contribution in [2.24, 2.45) is 17.6 Å². The molecule has 0 saturated heterocycles. The van der Waals surface area contributed by atoms with Gasteiger partial charge in [0.25, 0.3) is 5.91 Å². The summed E-state index contributed by atoms with van der Waals surface area (Å²) in [6.07, 6.45) is 4.92. The van der Waals surface area contributed by atoms with E-state index >= 15 is 0 Å². The molecule has 51 heavy (non-hydrogen) atoms. The summed E-state index contributed by atoms with van der Waals surface area (Å²) in [4.78, 5) is 37.1. The molecule has 12 heteroatoms. The van der Waals surface area contributed by atoms with E-state index in [4.69, 9.17) is 20.1 Å². The number of phenolic OH excluding ortho intramolecular Hbond substituents is 1. The number of aromatic hydroxyl groups is 1. The molecule has 0 radical (unpaired) electrons. The van der Waals surface area contributed by atoms with Crippen molar-refractivity contribution in [3.63, 3.8) is 0 Å². The molecule has 4 aromatic rings. The Balaban J connectivity index is 0.000000755. The van der Waals surface area contributed by atoms with Crippen LogP contribution in [0.15, 0.2) is 102 Å². The second-order valence-electron chi connectivity index (χ2n) is 12.5. The molecule has 270 valence electrons. The van der Waals surface area contributed by atoms with Crippen molar-refractivity contribution < 1.29 is 42.2 Å². The number of nitrogens with zero attached hydrogens (tertiary/aromatic N) is 1. The van der Waals surface area contributed by atoms with Gasteiger partial charge in [0.15, 0.2) is 0 Å². The summed E-state index contributed by atoms with van der Waals surface area (Å²) in [7, 11) is 0. The van der Waals surface area contributed by atoms with Crippen molar-refractivity contribution in [1.82, 2.24) is 10.2 Å². The van der Waals surface area contributed by atoms with Crippen LogP contribution in [0.3, 0.4) is 0 Å². The predicted molar refractivity (Wildman–Crippen MR) is 187 cm³/mol. The minimum absolute atomic E-state index is 0.0628. The van der Waals surface area contributed by atoms with Crippen LogP contribution in [-0.2, 0) is 22.6 Å². The number of carbonyl (C=O) groups excluding carboxylic acids is 2. The fourth-order valence-corrected chi connectivity index (χ4v) is 5.89. The first kappa shape index (κ1) is 38.4. The van der Waals surface area contributed by atoms with Crippen LogP contribution in [0, 0.1) is 11.8 Å². The second kappa shape index (κ2) is 18.6. The summed E-state index contributed by atoms with van der Waals surface area (Å²) in [5.74, 6) is -1.07. The minimum atomic E-state index is -5.08. The zero-order valence-electron chi connectivity index (χ0n) is 28.0. The number of benzene rings is 3. The summed E-state index contributed by atoms with van der Waals surface area (Å²) >= 11 is 0. The van der Waals surface area contributed by atoms with Crippen molar-refractivity contribution >= 4 is 23.9 Å². The fourth-order valence-electron chi connectivity index (χ4n) is 5.89. The molecule has 1 aliphatic rings. The van der Waals surface area contributed by atoms with Crippen LogP contribution in [-0.4, -0.2) is 58.7 Å². The second-order valence-corrected chi connectivity index (χ2v) is 12.5. The lowest BCUT2D eigenvalue weighted by Gasteiger charge is -2.28. The van der Waals surface area contributed by atoms with Gasteiger partial charge < -0.3 is 30.6 Å². The van der Waals surface area contributed by atoms with Crippen molar-refractivity contribution in [3.8, 4) is 16.9 Å². The zero-order valence-corrected chi connectivity index (χ0v) is 28.0. The van der Waals surface area contributed by atoms with Crippen LogP contribution in [0.4, 0.5) is 13.2 Å². The average Bonchev–Trinajstić information content (AvgIpc) is 3.66. The topological polar surface area (TPSA) is 146 Å². The SMILES string of the molecule is NCC1CCCC(CNC(=O)c2cccc(-c3cccc(CN(CCc4ccc(O)cc4)C(=O)/C=C/c4ccco4)c3)c2)C1.O=C(O)C(F)(F)F. The molecule has 5 N–H and O–H groups in total. The molecule has 3 aromatic carbocycles. The van der Waals surface area contributed by atoms with Gasteiger partial charge in [0, 0.05) is 31.3 Å². The molecule has 1 heterocycles. The van der Waals surface area contributed by atoms with E-state index in [-0.39, 0.29) is 17.6 Å². The van der Waals surface area contributed by atoms with E-state index in [2.05, 4.69) is 11.4 Å². The molecule has 2 unspecified atom stereocenters. The molecule has 1 fully saturated rings. The molecule has 0 aliphatic heterocycles. The van der Waals surface area contributed by atoms with Crippen molar-refractivity contribution in [2.75, 3.05) is 19.6 Å². The maximum absolute atomic E-state index is 13.3. The number of rotatable bonds is 12. The largest absolute Gasteiger partial charge is 0.508 e. The number of hydrogen-bond acceptors (Lipinski definition) is 6. The van der Waals surface area contributed by atoms with Gasteiger partial charge in [-0.25, -0.2) is 4.79 Å². The van der Waals surface area contributed by atoms with Gasteiger partial charge >= 0.3 is 12.1 Å². The van der Waals surface area contributed by atoms with Gasteiger partial charge in [0.2, 0.25) is 5.91 Å². The van der Waals surface area contributed by atoms with Gasteiger partial charge in [-0.05, 0) is 115 Å². The van der Waals surface area contributed by atoms with E-state index in [9.17, 15) is 27.9 Å². The van der Waals surface area contributed by atoms with Crippen LogP contribution in [0.2, 0.25) is 0 Å². The van der Waals surface area contributed by atoms with Gasteiger partial charge in [-0.3, -0.25) is 9.59 Å². The molecular formula is C39H42F3N3O6. The fraction of sp³-hybridized carbons (Fsp3) is 0.308. The molecule has 2 atom stereocenters. The number of aliphatic carboxylic acids is 1.